The SMILES string of the molecule is C=CCN(Cc1ccc(Br)s1)C(=O)CSc1nnc(-c2c[nH]c3ccccc23)o1. The number of aromatic amines is 1. The molecule has 0 saturated heterocycles. The Morgan fingerprint density at radius 3 is 2.97 bits per heavy atom. The average molecular weight is 489 g/mol. The van der Waals surface area contributed by atoms with E-state index in [2.05, 4.69) is 37.7 Å². The van der Waals surface area contributed by atoms with Gasteiger partial charge in [-0.1, -0.05) is 36.0 Å². The van der Waals surface area contributed by atoms with E-state index in [1.807, 2.05) is 42.6 Å². The lowest BCUT2D eigenvalue weighted by atomic mass is 10.2. The highest BCUT2D eigenvalue weighted by molar-refractivity contribution is 9.11. The fourth-order valence-electron chi connectivity index (χ4n) is 2.88. The van der Waals surface area contributed by atoms with Gasteiger partial charge in [-0.05, 0) is 34.1 Å². The topological polar surface area (TPSA) is 75.0 Å². The summed E-state index contributed by atoms with van der Waals surface area (Å²) < 4.78 is 6.82. The predicted molar refractivity (Wildman–Crippen MR) is 120 cm³/mol. The Morgan fingerprint density at radius 2 is 2.17 bits per heavy atom. The fourth-order valence-corrected chi connectivity index (χ4v) is 5.04. The molecule has 29 heavy (non-hydrogen) atoms. The Kier molecular flexibility index (Phi) is 6.17. The van der Waals surface area contributed by atoms with Crippen LogP contribution in [-0.2, 0) is 11.3 Å². The van der Waals surface area contributed by atoms with E-state index in [1.54, 1.807) is 22.3 Å². The van der Waals surface area contributed by atoms with Crippen molar-refractivity contribution in [3.05, 3.63) is 63.9 Å². The molecule has 0 spiro atoms. The first-order valence-electron chi connectivity index (χ1n) is 8.79. The highest BCUT2D eigenvalue weighted by atomic mass is 79.9. The van der Waals surface area contributed by atoms with Crippen LogP contribution in [-0.4, -0.2) is 38.3 Å². The molecule has 1 aromatic carbocycles. The summed E-state index contributed by atoms with van der Waals surface area (Å²) in [6.45, 7) is 4.79. The Morgan fingerprint density at radius 1 is 1.31 bits per heavy atom. The minimum atomic E-state index is -0.00809. The molecule has 0 aliphatic heterocycles. The van der Waals surface area contributed by atoms with Crippen molar-refractivity contribution in [1.29, 1.82) is 0 Å². The van der Waals surface area contributed by atoms with Crippen LogP contribution in [0.1, 0.15) is 4.88 Å². The average Bonchev–Trinajstić information content (AvgIpc) is 3.45. The number of thiophene rings is 1. The van der Waals surface area contributed by atoms with Crippen LogP contribution >= 0.6 is 39.0 Å². The van der Waals surface area contributed by atoms with E-state index in [4.69, 9.17) is 4.42 Å². The molecule has 0 radical (unpaired) electrons. The van der Waals surface area contributed by atoms with Crippen molar-refractivity contribution in [3.63, 3.8) is 0 Å². The van der Waals surface area contributed by atoms with Crippen LogP contribution in [0.3, 0.4) is 0 Å². The largest absolute Gasteiger partial charge is 0.411 e. The summed E-state index contributed by atoms with van der Waals surface area (Å²) in [6, 6.07) is 11.9. The van der Waals surface area contributed by atoms with Crippen LogP contribution in [0.4, 0.5) is 0 Å². The fraction of sp³-hybridized carbons (Fsp3) is 0.150. The predicted octanol–water partition coefficient (Wildman–Crippen LogP) is 5.35. The van der Waals surface area contributed by atoms with Gasteiger partial charge in [0.1, 0.15) is 0 Å². The molecule has 9 heteroatoms. The zero-order valence-corrected chi connectivity index (χ0v) is 18.5. The van der Waals surface area contributed by atoms with Gasteiger partial charge in [0.25, 0.3) is 11.1 Å². The standard InChI is InChI=1S/C20H17BrN4O2S2/c1-2-9-25(11-13-7-8-17(21)29-13)18(26)12-28-20-24-23-19(27-20)15-10-22-16-6-4-3-5-14(15)16/h2-8,10,22H,1,9,11-12H2. The van der Waals surface area contributed by atoms with Crippen LogP contribution in [0.25, 0.3) is 22.4 Å². The molecule has 0 aliphatic carbocycles. The number of hydrogen-bond donors (Lipinski definition) is 1. The molecule has 3 heterocycles. The van der Waals surface area contributed by atoms with Crippen molar-refractivity contribution in [2.24, 2.45) is 0 Å². The number of para-hydroxylation sites is 1. The van der Waals surface area contributed by atoms with E-state index in [0.29, 0.717) is 24.2 Å². The minimum Gasteiger partial charge on any atom is -0.411 e. The third-order valence-corrected chi connectivity index (χ3v) is 6.63. The van der Waals surface area contributed by atoms with Gasteiger partial charge in [0.15, 0.2) is 0 Å². The van der Waals surface area contributed by atoms with Gasteiger partial charge in [-0.15, -0.1) is 28.1 Å². The maximum atomic E-state index is 12.7. The molecule has 0 aliphatic rings. The van der Waals surface area contributed by atoms with Gasteiger partial charge in [-0.2, -0.15) is 0 Å². The normalized spacial score (nSPS) is 11.1. The molecule has 0 fully saturated rings. The van der Waals surface area contributed by atoms with E-state index in [-0.39, 0.29) is 11.7 Å². The van der Waals surface area contributed by atoms with E-state index in [0.717, 1.165) is 25.1 Å². The summed E-state index contributed by atoms with van der Waals surface area (Å²) in [5, 5.41) is 9.61. The monoisotopic (exact) mass is 488 g/mol. The Balaban J connectivity index is 1.41. The van der Waals surface area contributed by atoms with E-state index >= 15 is 0 Å². The summed E-state index contributed by atoms with van der Waals surface area (Å²) in [6.07, 6.45) is 3.58. The first kappa shape index (κ1) is 19.9. The number of amides is 1. The van der Waals surface area contributed by atoms with Crippen LogP contribution < -0.4 is 0 Å². The van der Waals surface area contributed by atoms with Gasteiger partial charge in [0.05, 0.1) is 21.6 Å². The third-order valence-electron chi connectivity index (χ3n) is 4.22. The third kappa shape index (κ3) is 4.63. The number of carbonyl (C=O) groups is 1. The summed E-state index contributed by atoms with van der Waals surface area (Å²) in [4.78, 5) is 18.7. The molecule has 4 rings (SSSR count). The van der Waals surface area contributed by atoms with Gasteiger partial charge >= 0.3 is 0 Å². The molecule has 0 atom stereocenters. The molecule has 0 saturated carbocycles. The first-order valence-corrected chi connectivity index (χ1v) is 11.4. The second kappa shape index (κ2) is 8.98. The summed E-state index contributed by atoms with van der Waals surface area (Å²) in [7, 11) is 0. The smallest absolute Gasteiger partial charge is 0.277 e. The summed E-state index contributed by atoms with van der Waals surface area (Å²) >= 11 is 6.31. The lowest BCUT2D eigenvalue weighted by Gasteiger charge is -2.19. The van der Waals surface area contributed by atoms with Crippen molar-refractivity contribution in [1.82, 2.24) is 20.1 Å². The molecule has 1 amide bonds. The van der Waals surface area contributed by atoms with Crippen molar-refractivity contribution in [2.75, 3.05) is 12.3 Å². The van der Waals surface area contributed by atoms with E-state index in [1.165, 1.54) is 11.8 Å². The summed E-state index contributed by atoms with van der Waals surface area (Å²) in [5.41, 5.74) is 1.85. The highest BCUT2D eigenvalue weighted by Crippen LogP contribution is 2.29. The lowest BCUT2D eigenvalue weighted by molar-refractivity contribution is -0.128. The number of nitrogens with zero attached hydrogens (tertiary/aromatic N) is 3. The maximum Gasteiger partial charge on any atom is 0.277 e. The molecule has 148 valence electrons. The highest BCUT2D eigenvalue weighted by Gasteiger charge is 2.18. The molecular weight excluding hydrogens is 472 g/mol. The zero-order valence-electron chi connectivity index (χ0n) is 15.3. The van der Waals surface area contributed by atoms with Crippen LogP contribution in [0.2, 0.25) is 0 Å². The zero-order chi connectivity index (χ0) is 20.2. The number of hydrogen-bond acceptors (Lipinski definition) is 6. The number of thioether (sulfide) groups is 1. The second-order valence-electron chi connectivity index (χ2n) is 6.18. The molecule has 3 aromatic heterocycles. The second-order valence-corrected chi connectivity index (χ2v) is 9.65. The van der Waals surface area contributed by atoms with Gasteiger partial charge in [0.2, 0.25) is 5.91 Å². The van der Waals surface area contributed by atoms with Gasteiger partial charge in [-0.25, -0.2) is 0 Å². The van der Waals surface area contributed by atoms with E-state index in [9.17, 15) is 4.79 Å². The van der Waals surface area contributed by atoms with Crippen LogP contribution in [0, 0.1) is 0 Å². The van der Waals surface area contributed by atoms with Crippen molar-refractivity contribution in [3.8, 4) is 11.5 Å². The maximum absolute atomic E-state index is 12.7. The minimum absolute atomic E-state index is 0.00809. The van der Waals surface area contributed by atoms with Crippen LogP contribution in [0.15, 0.2) is 68.7 Å². The Bertz CT molecular complexity index is 1150. The van der Waals surface area contributed by atoms with Crippen molar-refractivity contribution >= 4 is 55.8 Å². The lowest BCUT2D eigenvalue weighted by Crippen LogP contribution is -2.31. The van der Waals surface area contributed by atoms with Gasteiger partial charge in [-0.3, -0.25) is 4.79 Å². The molecular formula is C20H17BrN4O2S2. The van der Waals surface area contributed by atoms with E-state index < -0.39 is 0 Å². The Labute approximate surface area is 184 Å². The molecule has 0 unspecified atom stereocenters. The quantitative estimate of drug-likeness (QED) is 0.267. The van der Waals surface area contributed by atoms with Crippen LogP contribution in [0.5, 0.6) is 0 Å². The number of nitrogens with one attached hydrogen (secondary N) is 1. The van der Waals surface area contributed by atoms with Crippen molar-refractivity contribution < 1.29 is 9.21 Å². The van der Waals surface area contributed by atoms with Gasteiger partial charge < -0.3 is 14.3 Å². The first-order chi connectivity index (χ1) is 14.1. The molecule has 0 bridgehead atoms. The number of halogens is 1. The Hall–Kier alpha value is -2.36. The molecule has 1 N–H and O–H groups in total. The number of carbonyl (C=O) groups excluding carboxylic acids is 1. The number of rotatable bonds is 8. The summed E-state index contributed by atoms with van der Waals surface area (Å²) in [5.74, 6) is 0.644. The van der Waals surface area contributed by atoms with Gasteiger partial charge in [0, 0.05) is 28.5 Å². The van der Waals surface area contributed by atoms with Crippen molar-refractivity contribution in [2.45, 2.75) is 11.8 Å². The molecule has 6 nitrogen and oxygen atoms in total. The number of fused-ring (bicyclic) bond motifs is 1. The number of benzene rings is 1. The molecule has 4 aromatic rings. The number of H-pyrrole nitrogens is 1. The number of aromatic nitrogens is 3.